The van der Waals surface area contributed by atoms with E-state index in [0.29, 0.717) is 0 Å². The zero-order valence-corrected chi connectivity index (χ0v) is 8.92. The van der Waals surface area contributed by atoms with Gasteiger partial charge in [0.1, 0.15) is 0 Å². The molecular formula is CH5NaO6P2+2. The van der Waals surface area contributed by atoms with Crippen LogP contribution < -0.4 is 29.6 Å². The molecule has 54 valence electrons. The van der Waals surface area contributed by atoms with Crippen molar-refractivity contribution in [3.05, 3.63) is 0 Å². The van der Waals surface area contributed by atoms with Crippen molar-refractivity contribution in [1.82, 2.24) is 0 Å². The third-order valence-corrected chi connectivity index (χ3v) is 0.979. The zero-order valence-electron chi connectivity index (χ0n) is 6.13. The maximum atomic E-state index is 9.65. The molecule has 10 heavy (non-hydrogen) atoms. The second kappa shape index (κ2) is 8.14. The van der Waals surface area contributed by atoms with Crippen LogP contribution in [0, 0.1) is 0 Å². The molecule has 0 radical (unpaired) electrons. The predicted molar refractivity (Wildman–Crippen MR) is 27.8 cm³/mol. The molecule has 0 rings (SSSR count). The van der Waals surface area contributed by atoms with Crippen molar-refractivity contribution in [3.63, 3.8) is 0 Å². The molecule has 2 unspecified atom stereocenters. The molecular weight excluding hydrogens is 193 g/mol. The Kier molecular flexibility index (Phi) is 11.1. The van der Waals surface area contributed by atoms with E-state index in [1.54, 1.807) is 0 Å². The van der Waals surface area contributed by atoms with Gasteiger partial charge in [-0.05, 0) is 0 Å². The Bertz CT molecular complexity index is 116. The fourth-order valence-corrected chi connectivity index (χ4v) is 0.483. The van der Waals surface area contributed by atoms with Crippen molar-refractivity contribution in [2.75, 3.05) is 6.79 Å². The third kappa shape index (κ3) is 11.8. The summed E-state index contributed by atoms with van der Waals surface area (Å²) in [6, 6.07) is 0. The van der Waals surface area contributed by atoms with Crippen LogP contribution in [0.25, 0.3) is 0 Å². The standard InChI is InChI=1S/CH2O6P2.Na.H/c2-8(3)6-1-7-9(4)5;;/h1H2;;/q;+1;-1/p+2. The molecule has 0 fully saturated rings. The molecule has 2 N–H and O–H groups in total. The van der Waals surface area contributed by atoms with Gasteiger partial charge in [-0.15, -0.1) is 9.79 Å². The summed E-state index contributed by atoms with van der Waals surface area (Å²) >= 11 is 0. The normalized spacial score (nSPS) is 11.8. The molecule has 9 heteroatoms. The van der Waals surface area contributed by atoms with Crippen LogP contribution in [0.5, 0.6) is 0 Å². The van der Waals surface area contributed by atoms with Crippen LogP contribution in [0.4, 0.5) is 0 Å². The Labute approximate surface area is 82.2 Å². The summed E-state index contributed by atoms with van der Waals surface area (Å²) in [6.45, 7) is -0.655. The Morgan fingerprint density at radius 3 is 1.70 bits per heavy atom. The summed E-state index contributed by atoms with van der Waals surface area (Å²) in [6.07, 6.45) is 0. The SMILES string of the molecule is O=[P+](O)OCO[P+](=O)O.[H-].[Na+]. The van der Waals surface area contributed by atoms with E-state index >= 15 is 0 Å². The Morgan fingerprint density at radius 2 is 1.50 bits per heavy atom. The van der Waals surface area contributed by atoms with Crippen LogP contribution in [-0.4, -0.2) is 16.6 Å². The molecule has 2 atom stereocenters. The summed E-state index contributed by atoms with van der Waals surface area (Å²) in [7, 11) is -5.49. The molecule has 0 aliphatic rings. The first kappa shape index (κ1) is 13.6. The van der Waals surface area contributed by atoms with E-state index < -0.39 is 23.3 Å². The van der Waals surface area contributed by atoms with Crippen LogP contribution >= 0.6 is 16.5 Å². The van der Waals surface area contributed by atoms with Crippen LogP contribution in [0.1, 0.15) is 1.43 Å². The molecule has 0 saturated carbocycles. The first-order valence-corrected chi connectivity index (χ1v) is 3.97. The van der Waals surface area contributed by atoms with Crippen LogP contribution in [0.3, 0.4) is 0 Å². The topological polar surface area (TPSA) is 93.1 Å². The van der Waals surface area contributed by atoms with Crippen LogP contribution in [0.2, 0.25) is 0 Å². The fourth-order valence-electron chi connectivity index (χ4n) is 0.114. The van der Waals surface area contributed by atoms with Gasteiger partial charge in [-0.3, -0.25) is 0 Å². The summed E-state index contributed by atoms with van der Waals surface area (Å²) in [5, 5.41) is 0. The summed E-state index contributed by atoms with van der Waals surface area (Å²) in [4.78, 5) is 15.8. The minimum Gasteiger partial charge on any atom is -1.00 e. The van der Waals surface area contributed by atoms with Gasteiger partial charge in [0.25, 0.3) is 6.79 Å². The largest absolute Gasteiger partial charge is 1.00 e. The Hall–Kier alpha value is 1.04. The molecule has 0 aromatic heterocycles. The van der Waals surface area contributed by atoms with Crippen molar-refractivity contribution >= 4 is 16.5 Å². The molecule has 0 aromatic carbocycles. The van der Waals surface area contributed by atoms with Crippen molar-refractivity contribution in [1.29, 1.82) is 0 Å². The van der Waals surface area contributed by atoms with Crippen molar-refractivity contribution < 1.29 is 58.9 Å². The van der Waals surface area contributed by atoms with E-state index in [1.165, 1.54) is 0 Å². The molecule has 0 amide bonds. The minimum atomic E-state index is -2.75. The smallest absolute Gasteiger partial charge is 1.00 e. The van der Waals surface area contributed by atoms with E-state index in [9.17, 15) is 9.13 Å². The second-order valence-corrected chi connectivity index (χ2v) is 2.32. The van der Waals surface area contributed by atoms with E-state index in [1.807, 2.05) is 0 Å². The summed E-state index contributed by atoms with van der Waals surface area (Å²) in [5.41, 5.74) is 0. The van der Waals surface area contributed by atoms with Gasteiger partial charge in [0.2, 0.25) is 0 Å². The molecule has 0 heterocycles. The van der Waals surface area contributed by atoms with Crippen molar-refractivity contribution in [2.45, 2.75) is 0 Å². The third-order valence-electron chi connectivity index (χ3n) is 0.326. The van der Waals surface area contributed by atoms with Gasteiger partial charge in [0.05, 0.1) is 0 Å². The summed E-state index contributed by atoms with van der Waals surface area (Å²) < 4.78 is 27.0. The van der Waals surface area contributed by atoms with Gasteiger partial charge < -0.3 is 1.43 Å². The zero-order chi connectivity index (χ0) is 7.28. The van der Waals surface area contributed by atoms with Gasteiger partial charge in [0.15, 0.2) is 0 Å². The van der Waals surface area contributed by atoms with Crippen molar-refractivity contribution in [2.24, 2.45) is 0 Å². The quantitative estimate of drug-likeness (QED) is 0.292. The van der Waals surface area contributed by atoms with Gasteiger partial charge in [-0.1, -0.05) is 9.05 Å². The average molecular weight is 198 g/mol. The maximum absolute atomic E-state index is 9.65. The first-order valence-electron chi connectivity index (χ1n) is 1.71. The molecule has 0 saturated heterocycles. The second-order valence-electron chi connectivity index (χ2n) is 0.852. The van der Waals surface area contributed by atoms with Crippen LogP contribution in [-0.2, 0) is 18.2 Å². The monoisotopic (exact) mass is 198 g/mol. The van der Waals surface area contributed by atoms with E-state index in [2.05, 4.69) is 9.05 Å². The maximum Gasteiger partial charge on any atom is 1.00 e. The molecule has 0 aromatic rings. The molecule has 0 bridgehead atoms. The van der Waals surface area contributed by atoms with E-state index in [0.717, 1.165) is 0 Å². The predicted octanol–water partition coefficient (Wildman–Crippen LogP) is -2.61. The number of hydrogen-bond donors (Lipinski definition) is 2. The Morgan fingerprint density at radius 1 is 1.20 bits per heavy atom. The van der Waals surface area contributed by atoms with Gasteiger partial charge in [-0.25, -0.2) is 0 Å². The number of rotatable bonds is 4. The van der Waals surface area contributed by atoms with Crippen molar-refractivity contribution in [3.8, 4) is 0 Å². The number of hydrogen-bond acceptors (Lipinski definition) is 4. The van der Waals surface area contributed by atoms with Gasteiger partial charge >= 0.3 is 46.1 Å². The van der Waals surface area contributed by atoms with Crippen LogP contribution in [0.15, 0.2) is 0 Å². The summed E-state index contributed by atoms with van der Waals surface area (Å²) in [5.74, 6) is 0. The molecule has 0 aliphatic carbocycles. The van der Waals surface area contributed by atoms with E-state index in [-0.39, 0.29) is 31.0 Å². The van der Waals surface area contributed by atoms with Gasteiger partial charge in [-0.2, -0.15) is 0 Å². The Balaban J connectivity index is -0.000000320. The molecule has 6 nitrogen and oxygen atoms in total. The van der Waals surface area contributed by atoms with Gasteiger partial charge in [0, 0.05) is 9.13 Å². The fraction of sp³-hybridized carbons (Fsp3) is 1.00. The average Bonchev–Trinajstić information content (AvgIpc) is 1.63. The molecule has 0 aliphatic heterocycles. The van der Waals surface area contributed by atoms with E-state index in [4.69, 9.17) is 9.79 Å². The molecule has 0 spiro atoms. The minimum absolute atomic E-state index is 0. The first-order chi connectivity index (χ1) is 4.13.